The lowest BCUT2D eigenvalue weighted by Gasteiger charge is -2.22. The number of hydrogen-bond donors (Lipinski definition) is 1. The minimum absolute atomic E-state index is 0.0642. The van der Waals surface area contributed by atoms with E-state index in [1.54, 1.807) is 0 Å². The highest BCUT2D eigenvalue weighted by atomic mass is 16.6. The van der Waals surface area contributed by atoms with Gasteiger partial charge in [0.25, 0.3) is 0 Å². The number of hydrogen-bond acceptors (Lipinski definition) is 3. The van der Waals surface area contributed by atoms with Gasteiger partial charge in [0.2, 0.25) is 0 Å². The summed E-state index contributed by atoms with van der Waals surface area (Å²) in [5, 5.41) is 8.66. The van der Waals surface area contributed by atoms with E-state index in [2.05, 4.69) is 0 Å². The summed E-state index contributed by atoms with van der Waals surface area (Å²) in [6, 6.07) is 0. The summed E-state index contributed by atoms with van der Waals surface area (Å²) >= 11 is 0. The van der Waals surface area contributed by atoms with E-state index in [0.717, 1.165) is 32.1 Å². The number of carbonyl (C=O) groups is 2. The Hall–Kier alpha value is -1.06. The summed E-state index contributed by atoms with van der Waals surface area (Å²) in [4.78, 5) is 22.3. The van der Waals surface area contributed by atoms with E-state index in [1.807, 2.05) is 34.6 Å². The van der Waals surface area contributed by atoms with Gasteiger partial charge in [0, 0.05) is 6.42 Å². The first-order chi connectivity index (χ1) is 9.11. The van der Waals surface area contributed by atoms with Crippen molar-refractivity contribution < 1.29 is 19.4 Å². The summed E-state index contributed by atoms with van der Waals surface area (Å²) in [5.74, 6) is -0.686. The molecule has 0 amide bonds. The third-order valence-electron chi connectivity index (χ3n) is 3.17. The zero-order valence-electron chi connectivity index (χ0n) is 13.6. The molecule has 2 unspecified atom stereocenters. The lowest BCUT2D eigenvalue weighted by molar-refractivity contribution is -0.159. The smallest absolute Gasteiger partial charge is 0.309 e. The van der Waals surface area contributed by atoms with Gasteiger partial charge in [-0.3, -0.25) is 9.59 Å². The monoisotopic (exact) mass is 286 g/mol. The predicted octanol–water partition coefficient (Wildman–Crippen LogP) is 4.03. The van der Waals surface area contributed by atoms with E-state index < -0.39 is 11.6 Å². The summed E-state index contributed by atoms with van der Waals surface area (Å²) in [5.41, 5.74) is -0.419. The number of unbranched alkanes of at least 4 members (excludes halogenated alkanes) is 2. The van der Waals surface area contributed by atoms with Crippen LogP contribution in [0.4, 0.5) is 0 Å². The molecule has 0 aliphatic carbocycles. The molecule has 0 fully saturated rings. The van der Waals surface area contributed by atoms with Crippen LogP contribution in [0.1, 0.15) is 73.1 Å². The molecule has 4 heteroatoms. The van der Waals surface area contributed by atoms with Crippen molar-refractivity contribution in [3.8, 4) is 0 Å². The summed E-state index contributed by atoms with van der Waals surface area (Å²) in [6.07, 6.45) is 5.07. The number of ether oxygens (including phenoxy) is 1. The normalized spacial score (nSPS) is 14.7. The van der Waals surface area contributed by atoms with Crippen molar-refractivity contribution in [2.75, 3.05) is 0 Å². The predicted molar refractivity (Wildman–Crippen MR) is 79.5 cm³/mol. The molecule has 0 radical (unpaired) electrons. The number of carboxylic acid groups (broad SMARTS) is 1. The van der Waals surface area contributed by atoms with Gasteiger partial charge in [-0.1, -0.05) is 39.5 Å². The molecule has 118 valence electrons. The van der Waals surface area contributed by atoms with Crippen LogP contribution in [0, 0.1) is 11.8 Å². The van der Waals surface area contributed by atoms with Gasteiger partial charge in [0.05, 0.1) is 5.92 Å². The van der Waals surface area contributed by atoms with Gasteiger partial charge in [0.1, 0.15) is 5.60 Å². The van der Waals surface area contributed by atoms with Crippen LogP contribution < -0.4 is 0 Å². The van der Waals surface area contributed by atoms with E-state index in [4.69, 9.17) is 9.84 Å². The van der Waals surface area contributed by atoms with Crippen molar-refractivity contribution in [3.05, 3.63) is 0 Å². The Bertz CT molecular complexity index is 304. The number of carbonyl (C=O) groups excluding carboxylic acids is 1. The molecule has 0 aliphatic heterocycles. The van der Waals surface area contributed by atoms with Crippen LogP contribution in [-0.4, -0.2) is 22.6 Å². The Morgan fingerprint density at radius 2 is 1.60 bits per heavy atom. The van der Waals surface area contributed by atoms with E-state index in [-0.39, 0.29) is 24.2 Å². The van der Waals surface area contributed by atoms with Crippen LogP contribution in [-0.2, 0) is 14.3 Å². The van der Waals surface area contributed by atoms with Crippen molar-refractivity contribution in [1.29, 1.82) is 0 Å². The van der Waals surface area contributed by atoms with Crippen molar-refractivity contribution in [3.63, 3.8) is 0 Å². The third-order valence-corrected chi connectivity index (χ3v) is 3.17. The third kappa shape index (κ3) is 10.8. The van der Waals surface area contributed by atoms with E-state index >= 15 is 0 Å². The fourth-order valence-electron chi connectivity index (χ4n) is 2.04. The Labute approximate surface area is 122 Å². The minimum Gasteiger partial charge on any atom is -0.481 e. The van der Waals surface area contributed by atoms with Gasteiger partial charge in [-0.15, -0.1) is 0 Å². The molecular weight excluding hydrogens is 256 g/mol. The highest BCUT2D eigenvalue weighted by Gasteiger charge is 2.21. The van der Waals surface area contributed by atoms with Crippen molar-refractivity contribution in [2.45, 2.75) is 78.7 Å². The quantitative estimate of drug-likeness (QED) is 0.513. The summed E-state index contributed by atoms with van der Waals surface area (Å²) in [6.45, 7) is 9.50. The maximum Gasteiger partial charge on any atom is 0.309 e. The van der Waals surface area contributed by atoms with Gasteiger partial charge in [-0.05, 0) is 33.1 Å². The highest BCUT2D eigenvalue weighted by molar-refractivity contribution is 5.72. The van der Waals surface area contributed by atoms with Gasteiger partial charge in [-0.2, -0.15) is 0 Å². The van der Waals surface area contributed by atoms with E-state index in [9.17, 15) is 9.59 Å². The maximum atomic E-state index is 11.8. The molecular formula is C16H30O4. The molecule has 0 heterocycles. The second-order valence-corrected chi connectivity index (χ2v) is 6.78. The average Bonchev–Trinajstić information content (AvgIpc) is 2.24. The fraction of sp³-hybridized carbons (Fsp3) is 0.875. The topological polar surface area (TPSA) is 63.6 Å². The SMILES string of the molecule is CC(CCCCCC(C)C(=O)OC(C)(C)C)CC(=O)O. The van der Waals surface area contributed by atoms with Crippen LogP contribution in [0.3, 0.4) is 0 Å². The lowest BCUT2D eigenvalue weighted by Crippen LogP contribution is -2.27. The zero-order chi connectivity index (χ0) is 15.8. The molecule has 0 spiro atoms. The minimum atomic E-state index is -0.726. The molecule has 2 atom stereocenters. The van der Waals surface area contributed by atoms with Crippen molar-refractivity contribution >= 4 is 11.9 Å². The first kappa shape index (κ1) is 18.9. The molecule has 0 aromatic carbocycles. The first-order valence-electron chi connectivity index (χ1n) is 7.56. The van der Waals surface area contributed by atoms with Crippen LogP contribution in [0.2, 0.25) is 0 Å². The second-order valence-electron chi connectivity index (χ2n) is 6.78. The van der Waals surface area contributed by atoms with Crippen LogP contribution in [0.5, 0.6) is 0 Å². The molecule has 20 heavy (non-hydrogen) atoms. The molecule has 0 saturated carbocycles. The molecule has 1 N–H and O–H groups in total. The maximum absolute atomic E-state index is 11.8. The Kier molecular flexibility index (Phi) is 8.51. The second kappa shape index (κ2) is 8.98. The standard InChI is InChI=1S/C16H30O4/c1-12(11-14(17)18)9-7-6-8-10-13(2)15(19)20-16(3,4)5/h12-13H,6-11H2,1-5H3,(H,17,18). The summed E-state index contributed by atoms with van der Waals surface area (Å²) in [7, 11) is 0. The number of aliphatic carboxylic acids is 1. The molecule has 0 aromatic rings. The zero-order valence-corrected chi connectivity index (χ0v) is 13.6. The molecule has 4 nitrogen and oxygen atoms in total. The number of esters is 1. The molecule has 0 aromatic heterocycles. The van der Waals surface area contributed by atoms with E-state index in [0.29, 0.717) is 0 Å². The Morgan fingerprint density at radius 1 is 1.05 bits per heavy atom. The van der Waals surface area contributed by atoms with Gasteiger partial charge < -0.3 is 9.84 Å². The number of rotatable bonds is 9. The van der Waals surface area contributed by atoms with Gasteiger partial charge >= 0.3 is 11.9 Å². The molecule has 0 saturated heterocycles. The highest BCUT2D eigenvalue weighted by Crippen LogP contribution is 2.18. The fourth-order valence-corrected chi connectivity index (χ4v) is 2.04. The molecule has 0 rings (SSSR count). The van der Waals surface area contributed by atoms with Gasteiger partial charge in [0.15, 0.2) is 0 Å². The summed E-state index contributed by atoms with van der Waals surface area (Å²) < 4.78 is 5.33. The van der Waals surface area contributed by atoms with E-state index in [1.165, 1.54) is 0 Å². The van der Waals surface area contributed by atoms with Crippen LogP contribution in [0.15, 0.2) is 0 Å². The Morgan fingerprint density at radius 3 is 2.10 bits per heavy atom. The van der Waals surface area contributed by atoms with Crippen LogP contribution in [0.25, 0.3) is 0 Å². The molecule has 0 bridgehead atoms. The molecule has 0 aliphatic rings. The first-order valence-corrected chi connectivity index (χ1v) is 7.56. The largest absolute Gasteiger partial charge is 0.481 e. The van der Waals surface area contributed by atoms with Gasteiger partial charge in [-0.25, -0.2) is 0 Å². The van der Waals surface area contributed by atoms with Crippen molar-refractivity contribution in [1.82, 2.24) is 0 Å². The number of carboxylic acids is 1. The Balaban J connectivity index is 3.69. The van der Waals surface area contributed by atoms with Crippen LogP contribution >= 0.6 is 0 Å². The lowest BCUT2D eigenvalue weighted by atomic mass is 9.97. The average molecular weight is 286 g/mol. The van der Waals surface area contributed by atoms with Crippen molar-refractivity contribution in [2.24, 2.45) is 11.8 Å².